The summed E-state index contributed by atoms with van der Waals surface area (Å²) in [6, 6.07) is 8.55. The third-order valence-electron chi connectivity index (χ3n) is 3.30. The minimum atomic E-state index is -3.40. The highest BCUT2D eigenvalue weighted by molar-refractivity contribution is 7.89. The first-order chi connectivity index (χ1) is 10.7. The molecule has 2 N–H and O–H groups in total. The Labute approximate surface area is 137 Å². The molecule has 0 amide bonds. The Morgan fingerprint density at radius 1 is 1.09 bits per heavy atom. The molecule has 2 aromatic rings. The lowest BCUT2D eigenvalue weighted by Crippen LogP contribution is -2.18. The van der Waals surface area contributed by atoms with Crippen LogP contribution in [0.15, 0.2) is 41.4 Å². The highest BCUT2D eigenvalue weighted by atomic mass is 32.2. The van der Waals surface area contributed by atoms with Crippen LogP contribution in [0, 0.1) is 0 Å². The summed E-state index contributed by atoms with van der Waals surface area (Å²) in [7, 11) is -2.00. The first kappa shape index (κ1) is 17.4. The maximum Gasteiger partial charge on any atom is 0.240 e. The smallest absolute Gasteiger partial charge is 0.240 e. The Morgan fingerprint density at radius 3 is 2.30 bits per heavy atom. The quantitative estimate of drug-likeness (QED) is 0.876. The van der Waals surface area contributed by atoms with Crippen molar-refractivity contribution < 1.29 is 8.42 Å². The molecule has 0 radical (unpaired) electrons. The van der Waals surface area contributed by atoms with E-state index in [1.54, 1.807) is 30.5 Å². The number of benzene rings is 1. The maximum absolute atomic E-state index is 11.7. The molecule has 1 aromatic heterocycles. The molecule has 1 aromatic carbocycles. The first-order valence-corrected chi connectivity index (χ1v) is 8.80. The van der Waals surface area contributed by atoms with Gasteiger partial charge < -0.3 is 5.32 Å². The van der Waals surface area contributed by atoms with Crippen LogP contribution in [0.4, 0.5) is 5.82 Å². The van der Waals surface area contributed by atoms with Gasteiger partial charge in [-0.25, -0.2) is 23.1 Å². The predicted molar refractivity (Wildman–Crippen MR) is 90.7 cm³/mol. The molecule has 0 aliphatic rings. The molecular weight excluding hydrogens is 312 g/mol. The van der Waals surface area contributed by atoms with Gasteiger partial charge in [-0.2, -0.15) is 0 Å². The van der Waals surface area contributed by atoms with Gasteiger partial charge in [-0.05, 0) is 30.8 Å². The van der Waals surface area contributed by atoms with Crippen LogP contribution in [0.5, 0.6) is 0 Å². The molecule has 0 saturated heterocycles. The molecule has 0 spiro atoms. The Balaban J connectivity index is 2.07. The summed E-state index contributed by atoms with van der Waals surface area (Å²) in [4.78, 5) is 9.04. The average Bonchev–Trinajstić information content (AvgIpc) is 2.53. The average molecular weight is 334 g/mol. The molecule has 0 aliphatic heterocycles. The van der Waals surface area contributed by atoms with Crippen LogP contribution in [0.2, 0.25) is 0 Å². The van der Waals surface area contributed by atoms with Crippen LogP contribution < -0.4 is 10.0 Å². The standard InChI is InChI=1S/C16H22N4O2S/c1-16(2,3)15-18-10-9-14(20-15)19-11-12-5-7-13(8-6-12)23(21,22)17-4/h5-10,17H,11H2,1-4H3,(H,18,19,20). The van der Waals surface area contributed by atoms with E-state index < -0.39 is 10.0 Å². The van der Waals surface area contributed by atoms with Gasteiger partial charge in [0.05, 0.1) is 4.90 Å². The molecule has 0 aliphatic carbocycles. The molecule has 0 bridgehead atoms. The summed E-state index contributed by atoms with van der Waals surface area (Å²) in [5.41, 5.74) is 0.858. The van der Waals surface area contributed by atoms with Gasteiger partial charge in [-0.1, -0.05) is 32.9 Å². The minimum Gasteiger partial charge on any atom is -0.366 e. The molecule has 0 atom stereocenters. The zero-order valence-electron chi connectivity index (χ0n) is 13.8. The lowest BCUT2D eigenvalue weighted by atomic mass is 9.96. The summed E-state index contributed by atoms with van der Waals surface area (Å²) < 4.78 is 25.7. The van der Waals surface area contributed by atoms with Gasteiger partial charge in [0, 0.05) is 18.2 Å². The van der Waals surface area contributed by atoms with Gasteiger partial charge in [0.15, 0.2) is 0 Å². The van der Waals surface area contributed by atoms with Crippen molar-refractivity contribution in [2.75, 3.05) is 12.4 Å². The summed E-state index contributed by atoms with van der Waals surface area (Å²) >= 11 is 0. The van der Waals surface area contributed by atoms with Crippen molar-refractivity contribution in [1.82, 2.24) is 14.7 Å². The third kappa shape index (κ3) is 4.49. The molecule has 124 valence electrons. The van der Waals surface area contributed by atoms with Crippen molar-refractivity contribution in [1.29, 1.82) is 0 Å². The van der Waals surface area contributed by atoms with Crippen LogP contribution in [0.1, 0.15) is 32.2 Å². The largest absolute Gasteiger partial charge is 0.366 e. The van der Waals surface area contributed by atoms with Crippen molar-refractivity contribution in [3.63, 3.8) is 0 Å². The molecule has 23 heavy (non-hydrogen) atoms. The van der Waals surface area contributed by atoms with E-state index in [-0.39, 0.29) is 10.3 Å². The lowest BCUT2D eigenvalue weighted by molar-refractivity contribution is 0.546. The predicted octanol–water partition coefficient (Wildman–Crippen LogP) is 2.29. The van der Waals surface area contributed by atoms with Crippen molar-refractivity contribution in [3.8, 4) is 0 Å². The van der Waals surface area contributed by atoms with E-state index in [1.165, 1.54) is 7.05 Å². The highest BCUT2D eigenvalue weighted by Gasteiger charge is 2.17. The van der Waals surface area contributed by atoms with E-state index in [4.69, 9.17) is 0 Å². The first-order valence-electron chi connectivity index (χ1n) is 7.32. The topological polar surface area (TPSA) is 84.0 Å². The van der Waals surface area contributed by atoms with Gasteiger partial charge in [-0.3, -0.25) is 0 Å². The monoisotopic (exact) mass is 334 g/mol. The fourth-order valence-electron chi connectivity index (χ4n) is 1.92. The molecule has 0 unspecified atom stereocenters. The molecule has 7 heteroatoms. The fourth-order valence-corrected chi connectivity index (χ4v) is 2.65. The Morgan fingerprint density at radius 2 is 1.74 bits per heavy atom. The highest BCUT2D eigenvalue weighted by Crippen LogP contribution is 2.19. The maximum atomic E-state index is 11.7. The van der Waals surface area contributed by atoms with Crippen LogP contribution >= 0.6 is 0 Å². The van der Waals surface area contributed by atoms with E-state index in [0.717, 1.165) is 17.2 Å². The Bertz CT molecular complexity index is 765. The van der Waals surface area contributed by atoms with Gasteiger partial charge in [0.2, 0.25) is 10.0 Å². The zero-order chi connectivity index (χ0) is 17.1. The molecule has 0 fully saturated rings. The van der Waals surface area contributed by atoms with Crippen molar-refractivity contribution in [2.24, 2.45) is 0 Å². The van der Waals surface area contributed by atoms with Crippen molar-refractivity contribution in [3.05, 3.63) is 47.9 Å². The normalized spacial score (nSPS) is 12.2. The van der Waals surface area contributed by atoms with Gasteiger partial charge in [-0.15, -0.1) is 0 Å². The second-order valence-corrected chi connectivity index (χ2v) is 8.11. The number of hydrogen-bond acceptors (Lipinski definition) is 5. The molecule has 1 heterocycles. The minimum absolute atomic E-state index is 0.110. The molecular formula is C16H22N4O2S. The second-order valence-electron chi connectivity index (χ2n) is 6.22. The van der Waals surface area contributed by atoms with Crippen LogP contribution in [-0.4, -0.2) is 25.4 Å². The van der Waals surface area contributed by atoms with E-state index in [0.29, 0.717) is 6.54 Å². The van der Waals surface area contributed by atoms with E-state index in [1.807, 2.05) is 6.07 Å². The molecule has 0 saturated carbocycles. The Hall–Kier alpha value is -1.99. The number of nitrogens with one attached hydrogen (secondary N) is 2. The Kier molecular flexibility index (Phi) is 5.01. The number of aromatic nitrogens is 2. The summed E-state index contributed by atoms with van der Waals surface area (Å²) in [5, 5.41) is 3.23. The van der Waals surface area contributed by atoms with Crippen LogP contribution in [0.25, 0.3) is 0 Å². The van der Waals surface area contributed by atoms with Crippen LogP contribution in [0.3, 0.4) is 0 Å². The summed E-state index contributed by atoms with van der Waals surface area (Å²) in [6.45, 7) is 6.74. The van der Waals surface area contributed by atoms with Gasteiger partial charge >= 0.3 is 0 Å². The number of anilines is 1. The number of sulfonamides is 1. The fraction of sp³-hybridized carbons (Fsp3) is 0.375. The summed E-state index contributed by atoms with van der Waals surface area (Å²) in [5.74, 6) is 1.52. The van der Waals surface area contributed by atoms with E-state index in [2.05, 4.69) is 40.8 Å². The van der Waals surface area contributed by atoms with E-state index >= 15 is 0 Å². The van der Waals surface area contributed by atoms with Crippen molar-refractivity contribution in [2.45, 2.75) is 37.6 Å². The summed E-state index contributed by atoms with van der Waals surface area (Å²) in [6.07, 6.45) is 1.73. The van der Waals surface area contributed by atoms with E-state index in [9.17, 15) is 8.42 Å². The van der Waals surface area contributed by atoms with Gasteiger partial charge in [0.1, 0.15) is 11.6 Å². The number of hydrogen-bond donors (Lipinski definition) is 2. The number of rotatable bonds is 5. The molecule has 2 rings (SSSR count). The van der Waals surface area contributed by atoms with Gasteiger partial charge in [0.25, 0.3) is 0 Å². The van der Waals surface area contributed by atoms with Crippen LogP contribution in [-0.2, 0) is 22.0 Å². The number of nitrogens with zero attached hydrogens (tertiary/aromatic N) is 2. The lowest BCUT2D eigenvalue weighted by Gasteiger charge is -2.17. The third-order valence-corrected chi connectivity index (χ3v) is 4.73. The van der Waals surface area contributed by atoms with Crippen molar-refractivity contribution >= 4 is 15.8 Å². The SMILES string of the molecule is CNS(=O)(=O)c1ccc(CNc2ccnc(C(C)(C)C)n2)cc1. The zero-order valence-corrected chi connectivity index (χ0v) is 14.6. The molecule has 6 nitrogen and oxygen atoms in total. The second kappa shape index (κ2) is 6.64.